The normalized spacial score (nSPS) is 16.5. The van der Waals surface area contributed by atoms with Crippen LogP contribution in [0.1, 0.15) is 66.2 Å². The number of hydrogen-bond donors (Lipinski definition) is 1. The van der Waals surface area contributed by atoms with Gasteiger partial charge in [-0.15, -0.1) is 0 Å². The molecule has 26 heavy (non-hydrogen) atoms. The molecule has 0 amide bonds. The summed E-state index contributed by atoms with van der Waals surface area (Å²) in [5.41, 5.74) is 3.68. The van der Waals surface area contributed by atoms with Gasteiger partial charge in [0.2, 0.25) is 0 Å². The van der Waals surface area contributed by atoms with E-state index in [0.717, 1.165) is 30.9 Å². The van der Waals surface area contributed by atoms with E-state index in [2.05, 4.69) is 82.1 Å². The summed E-state index contributed by atoms with van der Waals surface area (Å²) in [5, 5.41) is 3.28. The average molecular weight is 354 g/mol. The molecule has 1 rings (SSSR count). The van der Waals surface area contributed by atoms with E-state index in [4.69, 9.17) is 0 Å². The third kappa shape index (κ3) is 11.7. The Bertz CT molecular complexity index is 551. The first-order chi connectivity index (χ1) is 12.5. The van der Waals surface area contributed by atoms with Gasteiger partial charge in [0.05, 0.1) is 0 Å². The third-order valence-electron chi connectivity index (χ3n) is 4.44. The van der Waals surface area contributed by atoms with Crippen LogP contribution in [0.25, 0.3) is 0 Å². The predicted octanol–water partition coefficient (Wildman–Crippen LogP) is 7.28. The topological polar surface area (TPSA) is 12.0 Å². The lowest BCUT2D eigenvalue weighted by Crippen LogP contribution is -2.04. The van der Waals surface area contributed by atoms with Crippen LogP contribution >= 0.6 is 0 Å². The summed E-state index contributed by atoms with van der Waals surface area (Å²) in [7, 11) is 0. The zero-order valence-electron chi connectivity index (χ0n) is 17.4. The summed E-state index contributed by atoms with van der Waals surface area (Å²) in [6.45, 7) is 13.8. The third-order valence-corrected chi connectivity index (χ3v) is 4.44. The Morgan fingerprint density at radius 3 is 2.54 bits per heavy atom. The fraction of sp³-hybridized carbons (Fsp3) is 0.520. The zero-order chi connectivity index (χ0) is 19.2. The van der Waals surface area contributed by atoms with E-state index in [1.165, 1.54) is 36.8 Å². The lowest BCUT2D eigenvalue weighted by molar-refractivity contribution is 0.668. The van der Waals surface area contributed by atoms with E-state index in [9.17, 15) is 0 Å². The number of rotatable bonds is 13. The lowest BCUT2D eigenvalue weighted by atomic mass is 10.0. The summed E-state index contributed by atoms with van der Waals surface area (Å²) >= 11 is 0. The molecule has 1 aliphatic rings. The number of allylic oxidation sites excluding steroid dienone is 10. The minimum absolute atomic E-state index is 0.592. The molecule has 1 heteroatoms. The van der Waals surface area contributed by atoms with Crippen LogP contribution in [0, 0.1) is 11.8 Å². The summed E-state index contributed by atoms with van der Waals surface area (Å²) in [4.78, 5) is 0. The van der Waals surface area contributed by atoms with E-state index < -0.39 is 0 Å². The van der Waals surface area contributed by atoms with E-state index >= 15 is 0 Å². The summed E-state index contributed by atoms with van der Waals surface area (Å²) < 4.78 is 0. The number of hydrogen-bond acceptors (Lipinski definition) is 1. The highest BCUT2D eigenvalue weighted by Crippen LogP contribution is 2.34. The van der Waals surface area contributed by atoms with Crippen LogP contribution in [0.5, 0.6) is 0 Å². The molecule has 0 saturated heterocycles. The molecule has 0 bridgehead atoms. The zero-order valence-corrected chi connectivity index (χ0v) is 17.4. The fourth-order valence-corrected chi connectivity index (χ4v) is 2.61. The molecule has 0 aromatic carbocycles. The van der Waals surface area contributed by atoms with Crippen LogP contribution in [0.4, 0.5) is 0 Å². The van der Waals surface area contributed by atoms with Crippen LogP contribution in [-0.4, -0.2) is 6.54 Å². The van der Waals surface area contributed by atoms with Crippen molar-refractivity contribution in [3.05, 3.63) is 72.0 Å². The molecule has 1 saturated carbocycles. The minimum Gasteiger partial charge on any atom is -0.391 e. The molecule has 1 N–H and O–H groups in total. The van der Waals surface area contributed by atoms with Crippen molar-refractivity contribution in [2.24, 2.45) is 11.8 Å². The maximum absolute atomic E-state index is 4.12. The van der Waals surface area contributed by atoms with Gasteiger partial charge in [-0.2, -0.15) is 0 Å². The van der Waals surface area contributed by atoms with Crippen LogP contribution in [0.15, 0.2) is 72.0 Å². The van der Waals surface area contributed by atoms with Gasteiger partial charge in [-0.3, -0.25) is 0 Å². The van der Waals surface area contributed by atoms with E-state index in [-0.39, 0.29) is 0 Å². The van der Waals surface area contributed by atoms with Crippen LogP contribution < -0.4 is 5.32 Å². The van der Waals surface area contributed by atoms with E-state index in [1.807, 2.05) is 6.20 Å². The summed E-state index contributed by atoms with van der Waals surface area (Å²) in [6.07, 6.45) is 25.3. The molecule has 1 aliphatic carbocycles. The fourth-order valence-electron chi connectivity index (χ4n) is 2.61. The molecule has 144 valence electrons. The molecule has 0 aromatic rings. The molecule has 1 nitrogen and oxygen atoms in total. The first-order valence-corrected chi connectivity index (χ1v) is 10.3. The first-order valence-electron chi connectivity index (χ1n) is 10.3. The van der Waals surface area contributed by atoms with E-state index in [0.29, 0.717) is 5.92 Å². The molecule has 0 spiro atoms. The van der Waals surface area contributed by atoms with Gasteiger partial charge in [-0.1, -0.05) is 88.6 Å². The molecule has 0 aromatic heterocycles. The summed E-state index contributed by atoms with van der Waals surface area (Å²) in [5.74, 6) is 1.60. The predicted molar refractivity (Wildman–Crippen MR) is 118 cm³/mol. The quantitative estimate of drug-likeness (QED) is 0.271. The van der Waals surface area contributed by atoms with Crippen molar-refractivity contribution < 1.29 is 0 Å². The highest BCUT2D eigenvalue weighted by molar-refractivity contribution is 5.42. The van der Waals surface area contributed by atoms with Crippen LogP contribution in [0.2, 0.25) is 0 Å². The van der Waals surface area contributed by atoms with Crippen molar-refractivity contribution in [2.45, 2.75) is 66.2 Å². The SMILES string of the molecule is C=C(C)C(=C\C=C/NCCC)/C=C/C(=C/C=C/C(C)C)CCCC1CC1. The summed E-state index contributed by atoms with van der Waals surface area (Å²) in [6, 6.07) is 0. The molecule has 0 unspecified atom stereocenters. The van der Waals surface area contributed by atoms with Gasteiger partial charge in [0.1, 0.15) is 0 Å². The van der Waals surface area contributed by atoms with Crippen molar-refractivity contribution in [3.63, 3.8) is 0 Å². The highest BCUT2D eigenvalue weighted by atomic mass is 14.8. The van der Waals surface area contributed by atoms with Crippen molar-refractivity contribution in [1.29, 1.82) is 0 Å². The first kappa shape index (κ1) is 22.3. The van der Waals surface area contributed by atoms with Gasteiger partial charge < -0.3 is 5.32 Å². The minimum atomic E-state index is 0.592. The molecule has 0 radical (unpaired) electrons. The van der Waals surface area contributed by atoms with Gasteiger partial charge >= 0.3 is 0 Å². The maximum atomic E-state index is 4.12. The van der Waals surface area contributed by atoms with Crippen molar-refractivity contribution >= 4 is 0 Å². The molecule has 0 aliphatic heterocycles. The van der Waals surface area contributed by atoms with Gasteiger partial charge in [0.25, 0.3) is 0 Å². The van der Waals surface area contributed by atoms with Crippen molar-refractivity contribution in [1.82, 2.24) is 5.32 Å². The van der Waals surface area contributed by atoms with Crippen molar-refractivity contribution in [2.75, 3.05) is 6.54 Å². The molecular formula is C25H39N. The second-order valence-corrected chi connectivity index (χ2v) is 7.76. The molecular weight excluding hydrogens is 314 g/mol. The van der Waals surface area contributed by atoms with Gasteiger partial charge in [-0.05, 0) is 61.4 Å². The smallest absolute Gasteiger partial charge is 0.0138 e. The molecule has 0 heterocycles. The Balaban J connectivity index is 2.73. The molecule has 0 atom stereocenters. The maximum Gasteiger partial charge on any atom is 0.0138 e. The van der Waals surface area contributed by atoms with Gasteiger partial charge in [-0.25, -0.2) is 0 Å². The van der Waals surface area contributed by atoms with Gasteiger partial charge in [0.15, 0.2) is 0 Å². The lowest BCUT2D eigenvalue weighted by Gasteiger charge is -2.04. The Morgan fingerprint density at radius 1 is 1.15 bits per heavy atom. The largest absolute Gasteiger partial charge is 0.391 e. The Morgan fingerprint density at radius 2 is 1.92 bits per heavy atom. The van der Waals surface area contributed by atoms with Gasteiger partial charge in [0, 0.05) is 6.54 Å². The standard InChI is InChI=1S/C25H39N/c1-6-19-26-20-9-14-25(22(4)5)18-17-23(11-7-10-21(2)3)12-8-13-24-15-16-24/h7,9-11,14,17-18,20-21,24,26H,4,6,8,12-13,15-16,19H2,1-3,5H3/b10-7+,18-17+,20-9-,23-11+,25-14-. The van der Waals surface area contributed by atoms with E-state index in [1.54, 1.807) is 0 Å². The monoisotopic (exact) mass is 353 g/mol. The highest BCUT2D eigenvalue weighted by Gasteiger charge is 2.20. The second-order valence-electron chi connectivity index (χ2n) is 7.76. The Kier molecular flexibility index (Phi) is 11.5. The average Bonchev–Trinajstić information content (AvgIpc) is 3.40. The van der Waals surface area contributed by atoms with Crippen LogP contribution in [0.3, 0.4) is 0 Å². The Hall–Kier alpha value is -1.76. The van der Waals surface area contributed by atoms with Crippen LogP contribution in [-0.2, 0) is 0 Å². The van der Waals surface area contributed by atoms with Crippen molar-refractivity contribution in [3.8, 4) is 0 Å². The second kappa shape index (κ2) is 13.4. The molecule has 1 fully saturated rings. The number of nitrogens with one attached hydrogen (secondary N) is 1. The Labute approximate surface area is 162 Å².